The first-order chi connectivity index (χ1) is 6.54. The molecule has 0 saturated carbocycles. The fourth-order valence-corrected chi connectivity index (χ4v) is 1.74. The van der Waals surface area contributed by atoms with Crippen LogP contribution in [0.5, 0.6) is 0 Å². The second kappa shape index (κ2) is 4.46. The van der Waals surface area contributed by atoms with Crippen LogP contribution < -0.4 is 5.73 Å². The predicted molar refractivity (Wildman–Crippen MR) is 52.5 cm³/mol. The Labute approximate surface area is 84.1 Å². The Bertz CT molecular complexity index is 248. The number of rotatable bonds is 1. The normalized spacial score (nSPS) is 27.2. The Balaban J connectivity index is 2.79. The van der Waals surface area contributed by atoms with Crippen molar-refractivity contribution in [3.63, 3.8) is 0 Å². The second-order valence-corrected chi connectivity index (χ2v) is 3.67. The third kappa shape index (κ3) is 2.48. The van der Waals surface area contributed by atoms with Crippen LogP contribution in [-0.2, 0) is 14.3 Å². The highest BCUT2D eigenvalue weighted by Crippen LogP contribution is 2.25. The van der Waals surface area contributed by atoms with E-state index in [1.165, 1.54) is 7.11 Å². The highest BCUT2D eigenvalue weighted by Gasteiger charge is 2.23. The van der Waals surface area contributed by atoms with Gasteiger partial charge in [-0.05, 0) is 32.3 Å². The molecule has 80 valence electrons. The van der Waals surface area contributed by atoms with Crippen LogP contribution in [-0.4, -0.2) is 25.3 Å². The zero-order valence-corrected chi connectivity index (χ0v) is 8.87. The molecule has 1 fully saturated rings. The van der Waals surface area contributed by atoms with Crippen LogP contribution in [0, 0.1) is 0 Å². The van der Waals surface area contributed by atoms with Gasteiger partial charge in [-0.25, -0.2) is 4.79 Å². The van der Waals surface area contributed by atoms with Crippen LogP contribution in [0.25, 0.3) is 0 Å². The molecule has 0 bridgehead atoms. The summed E-state index contributed by atoms with van der Waals surface area (Å²) in [4.78, 5) is 11.2. The van der Waals surface area contributed by atoms with Gasteiger partial charge >= 0.3 is 5.97 Å². The molecular weight excluding hydrogens is 182 g/mol. The van der Waals surface area contributed by atoms with Crippen molar-refractivity contribution in [2.45, 2.75) is 38.9 Å². The number of carbonyl (C=O) groups excluding carboxylic acids is 1. The van der Waals surface area contributed by atoms with E-state index in [9.17, 15) is 4.79 Å². The largest absolute Gasteiger partial charge is 0.464 e. The van der Waals surface area contributed by atoms with Crippen LogP contribution in [0.1, 0.15) is 26.7 Å². The van der Waals surface area contributed by atoms with Crippen molar-refractivity contribution in [2.75, 3.05) is 7.11 Å². The van der Waals surface area contributed by atoms with E-state index >= 15 is 0 Å². The Morgan fingerprint density at radius 1 is 1.43 bits per heavy atom. The van der Waals surface area contributed by atoms with E-state index in [-0.39, 0.29) is 17.9 Å². The summed E-state index contributed by atoms with van der Waals surface area (Å²) in [6.07, 6.45) is 1.67. The summed E-state index contributed by atoms with van der Waals surface area (Å²) in [7, 11) is 1.34. The average molecular weight is 199 g/mol. The van der Waals surface area contributed by atoms with Crippen molar-refractivity contribution in [3.05, 3.63) is 11.3 Å². The van der Waals surface area contributed by atoms with Crippen molar-refractivity contribution in [1.82, 2.24) is 0 Å². The summed E-state index contributed by atoms with van der Waals surface area (Å²) in [6, 6.07) is 0. The maximum atomic E-state index is 11.2. The summed E-state index contributed by atoms with van der Waals surface area (Å²) >= 11 is 0. The first kappa shape index (κ1) is 11.0. The van der Waals surface area contributed by atoms with Gasteiger partial charge in [0.25, 0.3) is 0 Å². The smallest absolute Gasteiger partial charge is 0.353 e. The zero-order chi connectivity index (χ0) is 10.7. The van der Waals surface area contributed by atoms with E-state index in [1.807, 2.05) is 13.8 Å². The van der Waals surface area contributed by atoms with Crippen LogP contribution in [0.4, 0.5) is 0 Å². The molecule has 2 N–H and O–H groups in total. The minimum atomic E-state index is -0.443. The second-order valence-electron chi connectivity index (χ2n) is 3.67. The molecule has 2 unspecified atom stereocenters. The lowest BCUT2D eigenvalue weighted by atomic mass is 9.97. The lowest BCUT2D eigenvalue weighted by Crippen LogP contribution is -2.28. The fraction of sp³-hybridized carbons (Fsp3) is 0.700. The van der Waals surface area contributed by atoms with E-state index in [0.717, 1.165) is 5.57 Å². The first-order valence-corrected chi connectivity index (χ1v) is 4.75. The lowest BCUT2D eigenvalue weighted by Gasteiger charge is -2.28. The quantitative estimate of drug-likeness (QED) is 0.504. The number of hydrogen-bond acceptors (Lipinski definition) is 4. The lowest BCUT2D eigenvalue weighted by molar-refractivity contribution is -0.136. The molecule has 0 spiro atoms. The van der Waals surface area contributed by atoms with E-state index in [2.05, 4.69) is 4.74 Å². The molecular formula is C10H17NO3. The highest BCUT2D eigenvalue weighted by atomic mass is 16.5. The summed E-state index contributed by atoms with van der Waals surface area (Å²) in [5.74, 6) is -0.443. The van der Waals surface area contributed by atoms with Gasteiger partial charge in [0.1, 0.15) is 5.70 Å². The third-order valence-corrected chi connectivity index (χ3v) is 2.32. The maximum Gasteiger partial charge on any atom is 0.353 e. The Morgan fingerprint density at radius 3 is 2.36 bits per heavy atom. The molecule has 0 aliphatic carbocycles. The number of esters is 1. The Morgan fingerprint density at radius 2 is 1.93 bits per heavy atom. The molecule has 0 aromatic heterocycles. The Hall–Kier alpha value is -1.03. The predicted octanol–water partition coefficient (Wildman–Crippen LogP) is 0.960. The number of carbonyl (C=O) groups is 1. The number of hydrogen-bond donors (Lipinski definition) is 1. The molecule has 4 heteroatoms. The average Bonchev–Trinajstić information content (AvgIpc) is 2.14. The van der Waals surface area contributed by atoms with Gasteiger partial charge < -0.3 is 15.2 Å². The highest BCUT2D eigenvalue weighted by molar-refractivity contribution is 5.88. The molecule has 0 amide bonds. The van der Waals surface area contributed by atoms with E-state index in [0.29, 0.717) is 12.8 Å². The molecule has 1 rings (SSSR count). The Kier molecular flexibility index (Phi) is 3.52. The summed E-state index contributed by atoms with van der Waals surface area (Å²) < 4.78 is 10.1. The van der Waals surface area contributed by atoms with Crippen molar-refractivity contribution in [2.24, 2.45) is 5.73 Å². The van der Waals surface area contributed by atoms with E-state index in [4.69, 9.17) is 10.5 Å². The van der Waals surface area contributed by atoms with Gasteiger partial charge in [0, 0.05) is 0 Å². The van der Waals surface area contributed by atoms with Crippen LogP contribution in [0.2, 0.25) is 0 Å². The summed E-state index contributed by atoms with van der Waals surface area (Å²) in [6.45, 7) is 3.94. The molecule has 0 radical (unpaired) electrons. The monoisotopic (exact) mass is 199 g/mol. The minimum absolute atomic E-state index is 0.122. The molecule has 2 atom stereocenters. The number of methoxy groups -OCH3 is 1. The molecule has 0 aromatic rings. The topological polar surface area (TPSA) is 61.5 Å². The summed E-state index contributed by atoms with van der Waals surface area (Å²) in [5.41, 5.74) is 6.87. The molecule has 1 aliphatic rings. The molecule has 1 saturated heterocycles. The molecule has 14 heavy (non-hydrogen) atoms. The standard InChI is InChI=1S/C10H17NO3/c1-6-4-8(5-7(2)14-6)9(11)10(12)13-3/h6-7H,4-5,11H2,1-3H3. The van der Waals surface area contributed by atoms with Gasteiger partial charge in [-0.2, -0.15) is 0 Å². The van der Waals surface area contributed by atoms with Gasteiger partial charge in [-0.15, -0.1) is 0 Å². The molecule has 0 aromatic carbocycles. The first-order valence-electron chi connectivity index (χ1n) is 4.75. The van der Waals surface area contributed by atoms with Crippen LogP contribution in [0.3, 0.4) is 0 Å². The minimum Gasteiger partial charge on any atom is -0.464 e. The third-order valence-electron chi connectivity index (χ3n) is 2.32. The van der Waals surface area contributed by atoms with Gasteiger partial charge in [-0.3, -0.25) is 0 Å². The van der Waals surface area contributed by atoms with Crippen molar-refractivity contribution in [3.8, 4) is 0 Å². The van der Waals surface area contributed by atoms with Gasteiger partial charge in [-0.1, -0.05) is 0 Å². The van der Waals surface area contributed by atoms with Gasteiger partial charge in [0.05, 0.1) is 19.3 Å². The number of nitrogens with two attached hydrogens (primary N) is 1. The zero-order valence-electron chi connectivity index (χ0n) is 8.87. The van der Waals surface area contributed by atoms with Gasteiger partial charge in [0.2, 0.25) is 0 Å². The fourth-order valence-electron chi connectivity index (χ4n) is 1.74. The summed E-state index contributed by atoms with van der Waals surface area (Å²) in [5, 5.41) is 0. The van der Waals surface area contributed by atoms with Crippen molar-refractivity contribution < 1.29 is 14.3 Å². The molecule has 4 nitrogen and oxygen atoms in total. The molecule has 1 aliphatic heterocycles. The van der Waals surface area contributed by atoms with Crippen molar-refractivity contribution >= 4 is 5.97 Å². The van der Waals surface area contributed by atoms with Crippen molar-refractivity contribution in [1.29, 1.82) is 0 Å². The van der Waals surface area contributed by atoms with E-state index in [1.54, 1.807) is 0 Å². The molecule has 1 heterocycles. The van der Waals surface area contributed by atoms with Crippen LogP contribution >= 0.6 is 0 Å². The maximum absolute atomic E-state index is 11.2. The van der Waals surface area contributed by atoms with E-state index < -0.39 is 5.97 Å². The van der Waals surface area contributed by atoms with Gasteiger partial charge in [0.15, 0.2) is 0 Å². The SMILES string of the molecule is COC(=O)C(N)=C1CC(C)OC(C)C1. The number of ether oxygens (including phenoxy) is 2. The van der Waals surface area contributed by atoms with Crippen LogP contribution in [0.15, 0.2) is 11.3 Å².